The van der Waals surface area contributed by atoms with Gasteiger partial charge in [0.2, 0.25) is 0 Å². The lowest BCUT2D eigenvalue weighted by atomic mass is 9.51. The van der Waals surface area contributed by atoms with Crippen LogP contribution in [0.15, 0.2) is 22.8 Å². The Bertz CT molecular complexity index is 1580. The second-order valence-electron chi connectivity index (χ2n) is 18.4. The molecule has 4 aliphatic carbocycles. The van der Waals surface area contributed by atoms with Crippen LogP contribution in [0.25, 0.3) is 0 Å². The van der Waals surface area contributed by atoms with Crippen LogP contribution in [-0.2, 0) is 33.2 Å². The quantitative estimate of drug-likeness (QED) is 0.138. The van der Waals surface area contributed by atoms with E-state index in [0.717, 1.165) is 32.1 Å². The van der Waals surface area contributed by atoms with E-state index < -0.39 is 110 Å². The zero-order chi connectivity index (χ0) is 40.3. The van der Waals surface area contributed by atoms with Crippen molar-refractivity contribution in [2.24, 2.45) is 34.5 Å². The van der Waals surface area contributed by atoms with Gasteiger partial charge < -0.3 is 74.4 Å². The molecule has 5 fully saturated rings. The summed E-state index contributed by atoms with van der Waals surface area (Å²) in [6.07, 6.45) is -6.67. The van der Waals surface area contributed by atoms with Gasteiger partial charge in [-0.25, -0.2) is 0 Å². The Morgan fingerprint density at radius 3 is 2.38 bits per heavy atom. The Balaban J connectivity index is 0.955. The largest absolute Gasteiger partial charge is 0.456 e. The van der Waals surface area contributed by atoms with Gasteiger partial charge in [0.25, 0.3) is 0 Å². The fraction of sp³-hybridized carbons (Fsp3) is 0.875. The predicted octanol–water partition coefficient (Wildman–Crippen LogP) is -0.714. The highest BCUT2D eigenvalue weighted by Crippen LogP contribution is 2.66. The van der Waals surface area contributed by atoms with Gasteiger partial charge in [-0.3, -0.25) is 4.79 Å². The smallest absolute Gasteiger partial charge is 0.312 e. The molecule has 316 valence electrons. The second-order valence-corrected chi connectivity index (χ2v) is 18.4. The summed E-state index contributed by atoms with van der Waals surface area (Å²) in [6.45, 7) is 6.16. The molecule has 0 aromatic rings. The van der Waals surface area contributed by atoms with Gasteiger partial charge in [-0.2, -0.15) is 0 Å². The van der Waals surface area contributed by atoms with E-state index in [-0.39, 0.29) is 35.4 Å². The van der Waals surface area contributed by atoms with Crippen LogP contribution in [0, 0.1) is 34.5 Å². The molecule has 4 saturated heterocycles. The molecular formula is C40H60O16. The van der Waals surface area contributed by atoms with Crippen LogP contribution in [0.2, 0.25) is 0 Å². The molecule has 4 aliphatic heterocycles. The minimum Gasteiger partial charge on any atom is -0.456 e. The number of carbonyl (C=O) groups is 1. The molecule has 56 heavy (non-hydrogen) atoms. The fourth-order valence-electron chi connectivity index (χ4n) is 12.1. The van der Waals surface area contributed by atoms with Gasteiger partial charge >= 0.3 is 5.97 Å². The van der Waals surface area contributed by atoms with Crippen LogP contribution in [0.5, 0.6) is 0 Å². The number of carbonyl (C=O) groups excluding carboxylic acids is 1. The highest BCUT2D eigenvalue weighted by atomic mass is 16.7. The van der Waals surface area contributed by atoms with E-state index in [2.05, 4.69) is 19.9 Å². The molecule has 0 radical (unpaired) electrons. The summed E-state index contributed by atoms with van der Waals surface area (Å²) < 4.78 is 35.2. The SMILES string of the molecule is CC(CO)C1(O)C2OC(=O)C(C3CC=C4C5=C(CCC43C)C3(C)CCC(OC4OC(CO)C(O)C(OC6OCC(O)C(O)C6O)C4O)CC3CC5)C2OC1(C)O. The molecule has 0 amide bonds. The maximum atomic E-state index is 13.6. The molecule has 0 spiro atoms. The number of hydrogen-bond donors (Lipinski definition) is 9. The van der Waals surface area contributed by atoms with Gasteiger partial charge in [0.05, 0.1) is 25.2 Å². The Kier molecular flexibility index (Phi) is 10.7. The van der Waals surface area contributed by atoms with E-state index >= 15 is 0 Å². The molecule has 0 aromatic carbocycles. The first-order valence-electron chi connectivity index (χ1n) is 20.4. The van der Waals surface area contributed by atoms with E-state index in [1.807, 2.05) is 0 Å². The average molecular weight is 797 g/mol. The standard InChI is InChI=1S/C40H60O16/c1-17(14-41)40(50)33-31(56-39(40,4)49)26(34(48)55-33)23-8-7-21-20-6-5-18-13-19(9-11-37(18,2)22(20)10-12-38(21,23)3)52-36-30(47)32(28(45)25(15-42)53-36)54-35-29(46)27(44)24(43)16-51-35/h7,17-19,23-33,35-36,41-47,49-50H,5-6,8-16H2,1-4H3. The summed E-state index contributed by atoms with van der Waals surface area (Å²) in [4.78, 5) is 13.6. The number of rotatable bonds is 8. The first-order valence-corrected chi connectivity index (χ1v) is 20.4. The molecule has 20 unspecified atom stereocenters. The van der Waals surface area contributed by atoms with Gasteiger partial charge in [0, 0.05) is 12.5 Å². The van der Waals surface area contributed by atoms with Crippen molar-refractivity contribution in [2.75, 3.05) is 19.8 Å². The summed E-state index contributed by atoms with van der Waals surface area (Å²) in [5.74, 6) is -3.85. The van der Waals surface area contributed by atoms with Gasteiger partial charge in [-0.05, 0) is 92.1 Å². The maximum Gasteiger partial charge on any atom is 0.312 e. The van der Waals surface area contributed by atoms with Crippen molar-refractivity contribution in [3.63, 3.8) is 0 Å². The van der Waals surface area contributed by atoms with E-state index in [1.54, 1.807) is 6.92 Å². The van der Waals surface area contributed by atoms with Crippen molar-refractivity contribution in [3.05, 3.63) is 22.8 Å². The summed E-state index contributed by atoms with van der Waals surface area (Å²) in [7, 11) is 0. The molecule has 1 saturated carbocycles. The molecule has 8 rings (SSSR count). The molecular weight excluding hydrogens is 736 g/mol. The van der Waals surface area contributed by atoms with Crippen LogP contribution in [0.4, 0.5) is 0 Å². The van der Waals surface area contributed by atoms with Crippen LogP contribution in [0.3, 0.4) is 0 Å². The van der Waals surface area contributed by atoms with Crippen LogP contribution in [-0.4, -0.2) is 157 Å². The third-order valence-corrected chi connectivity index (χ3v) is 15.5. The normalized spacial score (nSPS) is 53.5. The van der Waals surface area contributed by atoms with Crippen molar-refractivity contribution >= 4 is 5.97 Å². The van der Waals surface area contributed by atoms with E-state index in [4.69, 9.17) is 28.4 Å². The summed E-state index contributed by atoms with van der Waals surface area (Å²) >= 11 is 0. The number of aliphatic hydroxyl groups is 9. The summed E-state index contributed by atoms with van der Waals surface area (Å²) in [5, 5.41) is 95.4. The molecule has 0 aromatic heterocycles. The fourth-order valence-corrected chi connectivity index (χ4v) is 12.1. The van der Waals surface area contributed by atoms with Crippen molar-refractivity contribution in [3.8, 4) is 0 Å². The number of ether oxygens (including phenoxy) is 6. The number of esters is 1. The second kappa shape index (κ2) is 14.5. The van der Waals surface area contributed by atoms with Gasteiger partial charge in [-0.15, -0.1) is 0 Å². The number of allylic oxidation sites excluding steroid dienone is 4. The minimum atomic E-state index is -2.02. The highest BCUT2D eigenvalue weighted by Gasteiger charge is 2.73. The molecule has 8 aliphatic rings. The van der Waals surface area contributed by atoms with Crippen molar-refractivity contribution in [2.45, 2.75) is 164 Å². The lowest BCUT2D eigenvalue weighted by Gasteiger charge is -2.54. The summed E-state index contributed by atoms with van der Waals surface area (Å²) in [5.41, 5.74) is 1.61. The Morgan fingerprint density at radius 1 is 0.911 bits per heavy atom. The third-order valence-electron chi connectivity index (χ3n) is 15.5. The van der Waals surface area contributed by atoms with Crippen LogP contribution < -0.4 is 0 Å². The highest BCUT2D eigenvalue weighted by molar-refractivity contribution is 5.77. The lowest BCUT2D eigenvalue weighted by Crippen LogP contribution is -2.63. The summed E-state index contributed by atoms with van der Waals surface area (Å²) in [6, 6.07) is 0. The zero-order valence-corrected chi connectivity index (χ0v) is 32.5. The number of fused-ring (bicyclic) bond motifs is 5. The Morgan fingerprint density at radius 2 is 1.66 bits per heavy atom. The lowest BCUT2D eigenvalue weighted by molar-refractivity contribution is -0.355. The van der Waals surface area contributed by atoms with Gasteiger partial charge in [0.1, 0.15) is 48.8 Å². The Hall–Kier alpha value is -1.61. The topological polar surface area (TPSA) is 255 Å². The number of aliphatic hydroxyl groups excluding tert-OH is 7. The van der Waals surface area contributed by atoms with E-state index in [1.165, 1.54) is 23.6 Å². The van der Waals surface area contributed by atoms with E-state index in [0.29, 0.717) is 19.3 Å². The first kappa shape index (κ1) is 41.1. The predicted molar refractivity (Wildman–Crippen MR) is 191 cm³/mol. The minimum absolute atomic E-state index is 0.114. The van der Waals surface area contributed by atoms with Crippen molar-refractivity contribution < 1.29 is 79.2 Å². The molecule has 16 heteroatoms. The van der Waals surface area contributed by atoms with Gasteiger partial charge in [-0.1, -0.05) is 32.4 Å². The first-order chi connectivity index (χ1) is 26.4. The van der Waals surface area contributed by atoms with E-state index in [9.17, 15) is 50.8 Å². The molecule has 20 atom stereocenters. The van der Waals surface area contributed by atoms with Crippen molar-refractivity contribution in [1.82, 2.24) is 0 Å². The molecule has 9 N–H and O–H groups in total. The molecule has 4 heterocycles. The third kappa shape index (κ3) is 6.04. The monoisotopic (exact) mass is 796 g/mol. The molecule has 16 nitrogen and oxygen atoms in total. The van der Waals surface area contributed by atoms with Crippen LogP contribution >= 0.6 is 0 Å². The van der Waals surface area contributed by atoms with Crippen LogP contribution in [0.1, 0.15) is 79.1 Å². The average Bonchev–Trinajstić information content (AvgIpc) is 3.74. The number of hydrogen-bond acceptors (Lipinski definition) is 16. The maximum absolute atomic E-state index is 13.6. The van der Waals surface area contributed by atoms with Crippen molar-refractivity contribution in [1.29, 1.82) is 0 Å². The zero-order valence-electron chi connectivity index (χ0n) is 32.5. The van der Waals surface area contributed by atoms with Gasteiger partial charge in [0.15, 0.2) is 30.1 Å². The Labute approximate surface area is 326 Å². The molecule has 0 bridgehead atoms.